The Bertz CT molecular complexity index is 1400. The van der Waals surface area contributed by atoms with Gasteiger partial charge in [-0.25, -0.2) is 14.4 Å². The monoisotopic (exact) mass is 476 g/mol. The van der Waals surface area contributed by atoms with E-state index in [1.54, 1.807) is 12.1 Å². The first kappa shape index (κ1) is 21.7. The van der Waals surface area contributed by atoms with Crippen molar-refractivity contribution in [3.63, 3.8) is 0 Å². The average Bonchev–Trinajstić information content (AvgIpc) is 3.56. The van der Waals surface area contributed by atoms with Crippen molar-refractivity contribution in [1.29, 1.82) is 0 Å². The normalized spacial score (nSPS) is 20.7. The highest BCUT2D eigenvalue weighted by molar-refractivity contribution is 6.30. The lowest BCUT2D eigenvalue weighted by Gasteiger charge is -2.29. The van der Waals surface area contributed by atoms with E-state index in [4.69, 9.17) is 26.3 Å². The Morgan fingerprint density at radius 1 is 1.06 bits per heavy atom. The summed E-state index contributed by atoms with van der Waals surface area (Å²) in [5.74, 6) is -0.161. The summed E-state index contributed by atoms with van der Waals surface area (Å²) in [6.07, 6.45) is 8.11. The third kappa shape index (κ3) is 3.99. The zero-order valence-electron chi connectivity index (χ0n) is 19.3. The number of fused-ring (bicyclic) bond motifs is 1. The van der Waals surface area contributed by atoms with Crippen LogP contribution < -0.4 is 0 Å². The lowest BCUT2D eigenvalue weighted by atomic mass is 9.88. The fourth-order valence-electron chi connectivity index (χ4n) is 4.85. The molecule has 3 aromatic heterocycles. The lowest BCUT2D eigenvalue weighted by molar-refractivity contribution is 0.00464. The number of hydrogen-bond acceptors (Lipinski definition) is 4. The Balaban J connectivity index is 1.41. The molecule has 5 nitrogen and oxygen atoms in total. The molecule has 0 amide bonds. The number of aromatic nitrogens is 4. The molecule has 4 aromatic rings. The van der Waals surface area contributed by atoms with Crippen molar-refractivity contribution in [2.45, 2.75) is 57.6 Å². The van der Waals surface area contributed by atoms with Crippen LogP contribution in [0.25, 0.3) is 22.2 Å². The number of halogens is 2. The molecule has 6 rings (SSSR count). The second-order valence-electron chi connectivity index (χ2n) is 9.55. The zero-order valence-corrected chi connectivity index (χ0v) is 20.0. The molecule has 7 heteroatoms. The Hall–Kier alpha value is -2.83. The van der Waals surface area contributed by atoms with Gasteiger partial charge in [0.15, 0.2) is 5.65 Å². The van der Waals surface area contributed by atoms with Gasteiger partial charge in [-0.1, -0.05) is 11.6 Å². The van der Waals surface area contributed by atoms with Crippen molar-refractivity contribution in [3.05, 3.63) is 76.1 Å². The molecule has 34 heavy (non-hydrogen) atoms. The number of benzene rings is 1. The second-order valence-corrected chi connectivity index (χ2v) is 9.98. The smallest absolute Gasteiger partial charge is 0.160 e. The van der Waals surface area contributed by atoms with E-state index in [9.17, 15) is 0 Å². The van der Waals surface area contributed by atoms with E-state index in [1.165, 1.54) is 18.9 Å². The SMILES string of the molecule is Cc1cc2c(-c3ccc(Cl)cc3F)cc([C@H]3CCO[C@@H](c4cnn(C5CC5)c4)C3)nc2nc1C. The molecule has 1 aliphatic heterocycles. The van der Waals surface area contributed by atoms with Crippen LogP contribution in [0.15, 0.2) is 42.7 Å². The molecule has 0 N–H and O–H groups in total. The predicted molar refractivity (Wildman–Crippen MR) is 131 cm³/mol. The van der Waals surface area contributed by atoms with Crippen LogP contribution in [-0.4, -0.2) is 26.4 Å². The number of nitrogens with zero attached hydrogens (tertiary/aromatic N) is 4. The summed E-state index contributed by atoms with van der Waals surface area (Å²) >= 11 is 6.04. The molecule has 2 atom stereocenters. The minimum absolute atomic E-state index is 0.0211. The van der Waals surface area contributed by atoms with Crippen molar-refractivity contribution in [2.75, 3.05) is 6.61 Å². The van der Waals surface area contributed by atoms with Crippen molar-refractivity contribution in [3.8, 4) is 11.1 Å². The van der Waals surface area contributed by atoms with Crippen molar-refractivity contribution in [1.82, 2.24) is 19.7 Å². The van der Waals surface area contributed by atoms with Gasteiger partial charge in [-0.15, -0.1) is 0 Å². The Morgan fingerprint density at radius 2 is 1.91 bits per heavy atom. The van der Waals surface area contributed by atoms with Crippen molar-refractivity contribution < 1.29 is 9.13 Å². The van der Waals surface area contributed by atoms with E-state index in [0.717, 1.165) is 46.3 Å². The van der Waals surface area contributed by atoms with Gasteiger partial charge < -0.3 is 4.74 Å². The van der Waals surface area contributed by atoms with Gasteiger partial charge in [0.2, 0.25) is 0 Å². The molecule has 174 valence electrons. The largest absolute Gasteiger partial charge is 0.373 e. The van der Waals surface area contributed by atoms with Gasteiger partial charge in [-0.05, 0) is 81.0 Å². The summed E-state index contributed by atoms with van der Waals surface area (Å²) in [6.45, 7) is 4.64. The highest BCUT2D eigenvalue weighted by Crippen LogP contribution is 2.41. The van der Waals surface area contributed by atoms with Crippen LogP contribution in [0.2, 0.25) is 5.02 Å². The van der Waals surface area contributed by atoms with Crippen LogP contribution in [0.4, 0.5) is 4.39 Å². The van der Waals surface area contributed by atoms with Gasteiger partial charge in [0, 0.05) is 51.6 Å². The molecule has 2 aliphatic rings. The number of hydrogen-bond donors (Lipinski definition) is 0. The summed E-state index contributed by atoms with van der Waals surface area (Å²) < 4.78 is 23.2. The summed E-state index contributed by atoms with van der Waals surface area (Å²) in [5, 5.41) is 5.77. The van der Waals surface area contributed by atoms with Crippen LogP contribution >= 0.6 is 11.6 Å². The van der Waals surface area contributed by atoms with Crippen LogP contribution in [0, 0.1) is 19.7 Å². The summed E-state index contributed by atoms with van der Waals surface area (Å²) in [4.78, 5) is 9.74. The quantitative estimate of drug-likeness (QED) is 0.322. The van der Waals surface area contributed by atoms with Gasteiger partial charge in [0.05, 0.1) is 18.3 Å². The van der Waals surface area contributed by atoms with Crippen LogP contribution in [0.3, 0.4) is 0 Å². The maximum absolute atomic E-state index is 15.0. The Morgan fingerprint density at radius 3 is 2.71 bits per heavy atom. The van der Waals surface area contributed by atoms with Gasteiger partial charge in [-0.3, -0.25) is 4.68 Å². The molecule has 1 aromatic carbocycles. The number of rotatable bonds is 4. The molecule has 0 unspecified atom stereocenters. The standard InChI is InChI=1S/C27H26ClFN4O/c1-15-9-23-22(21-6-3-19(28)11-24(21)29)12-25(32-27(23)31-16(15)2)17-7-8-34-26(10-17)18-13-30-33(14-18)20-4-5-20/h3,6,9,11-14,17,20,26H,4-5,7-8,10H2,1-2H3/t17-,26+/m0/s1. The van der Waals surface area contributed by atoms with Gasteiger partial charge >= 0.3 is 0 Å². The molecule has 1 saturated carbocycles. The molecule has 0 radical (unpaired) electrons. The Labute approximate surface area is 202 Å². The number of ether oxygens (including phenoxy) is 1. The zero-order chi connectivity index (χ0) is 23.4. The molecular weight excluding hydrogens is 451 g/mol. The van der Waals surface area contributed by atoms with E-state index in [2.05, 4.69) is 22.0 Å². The fraction of sp³-hybridized carbons (Fsp3) is 0.370. The molecule has 1 aliphatic carbocycles. The summed E-state index contributed by atoms with van der Waals surface area (Å²) in [5.41, 5.74) is 5.98. The van der Waals surface area contributed by atoms with Crippen LogP contribution in [-0.2, 0) is 4.74 Å². The van der Waals surface area contributed by atoms with Gasteiger partial charge in [0.25, 0.3) is 0 Å². The second kappa shape index (κ2) is 8.43. The third-order valence-electron chi connectivity index (χ3n) is 7.10. The molecule has 0 bridgehead atoms. The summed E-state index contributed by atoms with van der Waals surface area (Å²) in [6, 6.07) is 9.46. The maximum Gasteiger partial charge on any atom is 0.160 e. The topological polar surface area (TPSA) is 52.8 Å². The molecule has 2 fully saturated rings. The van der Waals surface area contributed by atoms with Crippen molar-refractivity contribution in [2.24, 2.45) is 0 Å². The molecule has 0 spiro atoms. The number of aryl methyl sites for hydroxylation is 2. The predicted octanol–water partition coefficient (Wildman–Crippen LogP) is 6.87. The van der Waals surface area contributed by atoms with Crippen molar-refractivity contribution >= 4 is 22.6 Å². The first-order valence-corrected chi connectivity index (χ1v) is 12.2. The third-order valence-corrected chi connectivity index (χ3v) is 7.34. The van der Waals surface area contributed by atoms with E-state index in [1.807, 2.05) is 26.1 Å². The van der Waals surface area contributed by atoms with E-state index in [-0.39, 0.29) is 17.8 Å². The van der Waals surface area contributed by atoms with Gasteiger partial charge in [0.1, 0.15) is 5.82 Å². The highest BCUT2D eigenvalue weighted by Gasteiger charge is 2.30. The van der Waals surface area contributed by atoms with E-state index in [0.29, 0.717) is 28.9 Å². The van der Waals surface area contributed by atoms with E-state index >= 15 is 4.39 Å². The number of pyridine rings is 2. The Kier molecular flexibility index (Phi) is 5.38. The minimum Gasteiger partial charge on any atom is -0.373 e. The first-order valence-electron chi connectivity index (χ1n) is 11.9. The lowest BCUT2D eigenvalue weighted by Crippen LogP contribution is -2.19. The minimum atomic E-state index is -0.346. The average molecular weight is 477 g/mol. The first-order chi connectivity index (χ1) is 16.5. The maximum atomic E-state index is 15.0. The van der Waals surface area contributed by atoms with E-state index < -0.39 is 0 Å². The molecule has 4 heterocycles. The van der Waals surface area contributed by atoms with Crippen LogP contribution in [0.1, 0.15) is 66.3 Å². The van der Waals surface area contributed by atoms with Crippen LogP contribution in [0.5, 0.6) is 0 Å². The highest BCUT2D eigenvalue weighted by atomic mass is 35.5. The molecule has 1 saturated heterocycles. The molecular formula is C27H26ClFN4O. The fourth-order valence-corrected chi connectivity index (χ4v) is 5.01. The summed E-state index contributed by atoms with van der Waals surface area (Å²) in [7, 11) is 0. The van der Waals surface area contributed by atoms with Gasteiger partial charge in [-0.2, -0.15) is 5.10 Å².